The number of nitrogens with zero attached hydrogens (tertiary/aromatic N) is 2. The monoisotopic (exact) mass is 386 g/mol. The number of carbonyl (C=O) groups is 1. The molecule has 0 radical (unpaired) electrons. The highest BCUT2D eigenvalue weighted by molar-refractivity contribution is 8.13. The van der Waals surface area contributed by atoms with E-state index < -0.39 is 0 Å². The first-order valence-electron chi connectivity index (χ1n) is 9.45. The highest BCUT2D eigenvalue weighted by atomic mass is 32.2. The standard InChI is InChI=1S/C24H22N2OS/c27-23(17-19-11-13-22(14-12-19)21-9-5-2-6-10-21)26-16-15-25-24(26)28-18-20-7-3-1-4-8-20/h1-14H,15-18H2. The SMILES string of the molecule is O=C(Cc1ccc(-c2ccccc2)cc1)N1CCN=C1SCc1ccccc1. The summed E-state index contributed by atoms with van der Waals surface area (Å²) in [6.45, 7) is 1.37. The molecule has 3 aromatic carbocycles. The maximum atomic E-state index is 12.8. The number of amides is 1. The van der Waals surface area contributed by atoms with Crippen LogP contribution < -0.4 is 0 Å². The number of rotatable bonds is 5. The zero-order chi connectivity index (χ0) is 19.2. The van der Waals surface area contributed by atoms with Crippen LogP contribution in [-0.4, -0.2) is 29.1 Å². The lowest BCUT2D eigenvalue weighted by Gasteiger charge is -2.18. The highest BCUT2D eigenvalue weighted by Gasteiger charge is 2.24. The fraction of sp³-hybridized carbons (Fsp3) is 0.167. The van der Waals surface area contributed by atoms with Crippen LogP contribution in [0.1, 0.15) is 11.1 Å². The Hall–Kier alpha value is -2.85. The van der Waals surface area contributed by atoms with Crippen molar-refractivity contribution in [2.75, 3.05) is 13.1 Å². The Morgan fingerprint density at radius 2 is 1.46 bits per heavy atom. The van der Waals surface area contributed by atoms with Gasteiger partial charge in [-0.3, -0.25) is 14.7 Å². The van der Waals surface area contributed by atoms with Gasteiger partial charge >= 0.3 is 0 Å². The Morgan fingerprint density at radius 3 is 2.18 bits per heavy atom. The largest absolute Gasteiger partial charge is 0.289 e. The van der Waals surface area contributed by atoms with Crippen molar-refractivity contribution in [3.05, 3.63) is 96.1 Å². The first kappa shape index (κ1) is 18.5. The number of carbonyl (C=O) groups excluding carboxylic acids is 1. The van der Waals surface area contributed by atoms with Gasteiger partial charge in [0.1, 0.15) is 0 Å². The van der Waals surface area contributed by atoms with Crippen molar-refractivity contribution in [2.45, 2.75) is 12.2 Å². The Kier molecular flexibility index (Phi) is 5.88. The molecule has 0 aromatic heterocycles. The van der Waals surface area contributed by atoms with Gasteiger partial charge in [0.15, 0.2) is 5.17 Å². The summed E-state index contributed by atoms with van der Waals surface area (Å²) in [5, 5.41) is 0.842. The minimum absolute atomic E-state index is 0.115. The fourth-order valence-corrected chi connectivity index (χ4v) is 4.24. The summed E-state index contributed by atoms with van der Waals surface area (Å²) in [6, 6.07) is 28.8. The zero-order valence-corrected chi connectivity index (χ0v) is 16.4. The molecule has 0 bridgehead atoms. The molecule has 0 unspecified atom stereocenters. The van der Waals surface area contributed by atoms with E-state index in [2.05, 4.69) is 41.4 Å². The molecule has 28 heavy (non-hydrogen) atoms. The molecule has 1 aliphatic heterocycles. The summed E-state index contributed by atoms with van der Waals surface area (Å²) in [6.07, 6.45) is 0.403. The molecule has 0 aliphatic carbocycles. The number of benzene rings is 3. The molecule has 0 saturated carbocycles. The van der Waals surface area contributed by atoms with E-state index in [-0.39, 0.29) is 5.91 Å². The third-order valence-electron chi connectivity index (χ3n) is 4.73. The minimum Gasteiger partial charge on any atom is -0.289 e. The van der Waals surface area contributed by atoms with Crippen LogP contribution in [0.25, 0.3) is 11.1 Å². The van der Waals surface area contributed by atoms with Gasteiger partial charge in [-0.15, -0.1) is 0 Å². The Balaban J connectivity index is 1.37. The molecule has 3 aromatic rings. The number of aliphatic imine (C=N–C) groups is 1. The van der Waals surface area contributed by atoms with Gasteiger partial charge in [-0.05, 0) is 22.3 Å². The Morgan fingerprint density at radius 1 is 0.821 bits per heavy atom. The van der Waals surface area contributed by atoms with Crippen molar-refractivity contribution in [2.24, 2.45) is 4.99 Å². The molecule has 0 saturated heterocycles. The summed E-state index contributed by atoms with van der Waals surface area (Å²) in [7, 11) is 0. The van der Waals surface area contributed by atoms with Gasteiger partial charge in [-0.25, -0.2) is 0 Å². The van der Waals surface area contributed by atoms with Crippen LogP contribution in [0.2, 0.25) is 0 Å². The maximum absolute atomic E-state index is 12.8. The first-order chi connectivity index (χ1) is 13.8. The molecule has 1 heterocycles. The second kappa shape index (κ2) is 8.89. The van der Waals surface area contributed by atoms with Crippen molar-refractivity contribution in [1.82, 2.24) is 4.90 Å². The van der Waals surface area contributed by atoms with Gasteiger partial charge in [-0.2, -0.15) is 0 Å². The lowest BCUT2D eigenvalue weighted by atomic mass is 10.0. The number of thioether (sulfide) groups is 1. The predicted molar refractivity (Wildman–Crippen MR) is 117 cm³/mol. The fourth-order valence-electron chi connectivity index (χ4n) is 3.22. The van der Waals surface area contributed by atoms with Crippen LogP contribution in [0.5, 0.6) is 0 Å². The molecular formula is C24H22N2OS. The molecule has 0 N–H and O–H groups in total. The summed E-state index contributed by atoms with van der Waals surface area (Å²) in [5.74, 6) is 0.944. The Labute approximate surface area is 170 Å². The van der Waals surface area contributed by atoms with E-state index in [1.165, 1.54) is 16.7 Å². The molecule has 4 rings (SSSR count). The third-order valence-corrected chi connectivity index (χ3v) is 5.82. The third kappa shape index (κ3) is 4.52. The molecule has 1 aliphatic rings. The summed E-state index contributed by atoms with van der Waals surface area (Å²) < 4.78 is 0. The first-order valence-corrected chi connectivity index (χ1v) is 10.4. The topological polar surface area (TPSA) is 32.7 Å². The van der Waals surface area contributed by atoms with Crippen LogP contribution in [0.3, 0.4) is 0 Å². The average molecular weight is 387 g/mol. The molecule has 1 amide bonds. The predicted octanol–water partition coefficient (Wildman–Crippen LogP) is 5.03. The van der Waals surface area contributed by atoms with Crippen molar-refractivity contribution >= 4 is 22.8 Å². The number of hydrogen-bond donors (Lipinski definition) is 0. The average Bonchev–Trinajstić information content (AvgIpc) is 3.23. The summed E-state index contributed by atoms with van der Waals surface area (Å²) in [5.41, 5.74) is 4.63. The van der Waals surface area contributed by atoms with Gasteiger partial charge in [0, 0.05) is 12.3 Å². The van der Waals surface area contributed by atoms with E-state index in [0.717, 1.165) is 16.5 Å². The van der Waals surface area contributed by atoms with E-state index in [9.17, 15) is 4.79 Å². The Bertz CT molecular complexity index is 953. The van der Waals surface area contributed by atoms with E-state index in [0.29, 0.717) is 19.5 Å². The molecule has 0 atom stereocenters. The zero-order valence-electron chi connectivity index (χ0n) is 15.6. The maximum Gasteiger partial charge on any atom is 0.233 e. The minimum atomic E-state index is 0.115. The number of amidine groups is 1. The van der Waals surface area contributed by atoms with E-state index in [1.54, 1.807) is 11.8 Å². The molecular weight excluding hydrogens is 364 g/mol. The molecule has 0 fully saturated rings. The molecule has 0 spiro atoms. The van der Waals surface area contributed by atoms with Crippen molar-refractivity contribution in [1.29, 1.82) is 0 Å². The lowest BCUT2D eigenvalue weighted by molar-refractivity contribution is -0.126. The van der Waals surface area contributed by atoms with Crippen LogP contribution in [-0.2, 0) is 17.0 Å². The van der Waals surface area contributed by atoms with Gasteiger partial charge < -0.3 is 0 Å². The molecule has 140 valence electrons. The molecule has 3 nitrogen and oxygen atoms in total. The van der Waals surface area contributed by atoms with Crippen LogP contribution >= 0.6 is 11.8 Å². The van der Waals surface area contributed by atoms with Gasteiger partial charge in [0.05, 0.1) is 13.0 Å². The van der Waals surface area contributed by atoms with Crippen molar-refractivity contribution in [3.8, 4) is 11.1 Å². The van der Waals surface area contributed by atoms with E-state index in [4.69, 9.17) is 0 Å². The summed E-state index contributed by atoms with van der Waals surface area (Å²) >= 11 is 1.64. The molecule has 4 heteroatoms. The van der Waals surface area contributed by atoms with Crippen molar-refractivity contribution < 1.29 is 4.79 Å². The van der Waals surface area contributed by atoms with Crippen LogP contribution in [0.4, 0.5) is 0 Å². The van der Waals surface area contributed by atoms with Crippen LogP contribution in [0, 0.1) is 0 Å². The quantitative estimate of drug-likeness (QED) is 0.616. The smallest absolute Gasteiger partial charge is 0.233 e. The van der Waals surface area contributed by atoms with Gasteiger partial charge in [-0.1, -0.05) is 96.7 Å². The van der Waals surface area contributed by atoms with E-state index in [1.807, 2.05) is 53.4 Å². The second-order valence-electron chi connectivity index (χ2n) is 6.72. The normalized spacial score (nSPS) is 13.4. The van der Waals surface area contributed by atoms with Gasteiger partial charge in [0.2, 0.25) is 5.91 Å². The van der Waals surface area contributed by atoms with Gasteiger partial charge in [0.25, 0.3) is 0 Å². The van der Waals surface area contributed by atoms with Crippen molar-refractivity contribution in [3.63, 3.8) is 0 Å². The van der Waals surface area contributed by atoms with Crippen LogP contribution in [0.15, 0.2) is 89.9 Å². The second-order valence-corrected chi connectivity index (χ2v) is 7.67. The summed E-state index contributed by atoms with van der Waals surface area (Å²) in [4.78, 5) is 19.2. The lowest BCUT2D eigenvalue weighted by Crippen LogP contribution is -2.34. The van der Waals surface area contributed by atoms with E-state index >= 15 is 0 Å². The number of hydrogen-bond acceptors (Lipinski definition) is 3. The highest BCUT2D eigenvalue weighted by Crippen LogP contribution is 2.22.